The zero-order chi connectivity index (χ0) is 21.9. The van der Waals surface area contributed by atoms with Crippen LogP contribution in [0.3, 0.4) is 0 Å². The summed E-state index contributed by atoms with van der Waals surface area (Å²) in [6, 6.07) is 14.2. The lowest BCUT2D eigenvalue weighted by atomic mass is 10.2. The maximum absolute atomic E-state index is 10.5. The van der Waals surface area contributed by atoms with Gasteiger partial charge in [-0.15, -0.1) is 0 Å². The third-order valence-corrected chi connectivity index (χ3v) is 5.12. The molecule has 3 rings (SSSR count). The number of hydrogen-bond donors (Lipinski definition) is 1. The number of hydrogen-bond acceptors (Lipinski definition) is 4. The van der Waals surface area contributed by atoms with Crippen LogP contribution in [0.2, 0.25) is 0 Å². The molecule has 1 N–H and O–H groups in total. The maximum atomic E-state index is 10.5. The number of ether oxygens (including phenoxy) is 2. The van der Waals surface area contributed by atoms with E-state index < -0.39 is 0 Å². The second-order valence-corrected chi connectivity index (χ2v) is 7.31. The lowest BCUT2D eigenvalue weighted by Crippen LogP contribution is -2.14. The molecule has 164 valence electrons. The van der Waals surface area contributed by atoms with Crippen molar-refractivity contribution >= 4 is 23.5 Å². The van der Waals surface area contributed by atoms with Gasteiger partial charge in [0.05, 0.1) is 24.8 Å². The summed E-state index contributed by atoms with van der Waals surface area (Å²) in [5, 5.41) is 2.72. The minimum absolute atomic E-state index is 0.630. The Kier molecular flexibility index (Phi) is 8.52. The highest BCUT2D eigenvalue weighted by Crippen LogP contribution is 2.29. The monoisotopic (exact) mass is 421 g/mol. The molecule has 0 bridgehead atoms. The van der Waals surface area contributed by atoms with E-state index in [4.69, 9.17) is 14.5 Å². The number of nitrogens with one attached hydrogen (secondary N) is 1. The second kappa shape index (κ2) is 11.8. The first kappa shape index (κ1) is 22.4. The number of methoxy groups -OCH3 is 1. The molecule has 6 nitrogen and oxygen atoms in total. The molecule has 0 unspecified atom stereocenters. The summed E-state index contributed by atoms with van der Waals surface area (Å²) in [6.45, 7) is 4.17. The topological polar surface area (TPSA) is 65.4 Å². The van der Waals surface area contributed by atoms with Crippen molar-refractivity contribution in [1.82, 2.24) is 14.9 Å². The third-order valence-electron chi connectivity index (χ3n) is 5.12. The molecule has 0 radical (unpaired) electrons. The first-order valence-corrected chi connectivity index (χ1v) is 10.8. The van der Waals surface area contributed by atoms with E-state index in [0.29, 0.717) is 13.2 Å². The summed E-state index contributed by atoms with van der Waals surface area (Å²) in [5.41, 5.74) is 3.26. The Hall–Kier alpha value is -3.28. The van der Waals surface area contributed by atoms with Crippen LogP contribution >= 0.6 is 0 Å². The molecule has 3 aromatic rings. The Bertz CT molecular complexity index is 1010. The molecule has 0 spiro atoms. The molecule has 6 heteroatoms. The fraction of sp³-hybridized carbons (Fsp3) is 0.360. The molecular weight excluding hydrogens is 390 g/mol. The number of aryl methyl sites for hydroxylation is 2. The van der Waals surface area contributed by atoms with Crippen LogP contribution in [-0.2, 0) is 17.8 Å². The molecule has 1 aromatic heterocycles. The van der Waals surface area contributed by atoms with Gasteiger partial charge < -0.3 is 19.4 Å². The lowest BCUT2D eigenvalue weighted by molar-refractivity contribution is -0.109. The number of unbranched alkanes of at least 4 members (excludes halogenated alkanes) is 1. The Morgan fingerprint density at radius 2 is 1.97 bits per heavy atom. The normalized spacial score (nSPS) is 11.2. The number of fused-ring (bicyclic) bond motifs is 1. The number of carbonyl (C=O) groups excluding carboxylic acids is 1. The van der Waals surface area contributed by atoms with Crippen LogP contribution in [0, 0.1) is 0 Å². The first-order valence-electron chi connectivity index (χ1n) is 10.8. The SMILES string of the molecule is C/C=C/c1ccc(OCCCCn2c(CCCNC=O)nc3ccccc32)c(OC)c1. The van der Waals surface area contributed by atoms with Crippen LogP contribution in [0.4, 0.5) is 0 Å². The van der Waals surface area contributed by atoms with Crippen LogP contribution < -0.4 is 14.8 Å². The van der Waals surface area contributed by atoms with Gasteiger partial charge in [-0.3, -0.25) is 4.79 Å². The van der Waals surface area contributed by atoms with Gasteiger partial charge in [-0.1, -0.05) is 30.4 Å². The molecular formula is C25H31N3O3. The third kappa shape index (κ3) is 6.10. The molecule has 0 saturated heterocycles. The summed E-state index contributed by atoms with van der Waals surface area (Å²) >= 11 is 0. The van der Waals surface area contributed by atoms with Gasteiger partial charge in [0, 0.05) is 19.5 Å². The fourth-order valence-corrected chi connectivity index (χ4v) is 3.63. The van der Waals surface area contributed by atoms with Gasteiger partial charge in [0.15, 0.2) is 11.5 Å². The van der Waals surface area contributed by atoms with Crippen molar-refractivity contribution in [3.8, 4) is 11.5 Å². The van der Waals surface area contributed by atoms with Crippen LogP contribution in [0.25, 0.3) is 17.1 Å². The van der Waals surface area contributed by atoms with Gasteiger partial charge in [0.1, 0.15) is 5.82 Å². The van der Waals surface area contributed by atoms with Crippen molar-refractivity contribution in [3.05, 3.63) is 59.9 Å². The van der Waals surface area contributed by atoms with E-state index >= 15 is 0 Å². The Morgan fingerprint density at radius 1 is 1.10 bits per heavy atom. The predicted molar refractivity (Wildman–Crippen MR) is 125 cm³/mol. The largest absolute Gasteiger partial charge is 0.493 e. The van der Waals surface area contributed by atoms with Crippen molar-refractivity contribution in [2.45, 2.75) is 39.2 Å². The maximum Gasteiger partial charge on any atom is 0.207 e. The summed E-state index contributed by atoms with van der Waals surface area (Å²) in [5.74, 6) is 2.59. The number of allylic oxidation sites excluding steroid dienone is 1. The fourth-order valence-electron chi connectivity index (χ4n) is 3.63. The van der Waals surface area contributed by atoms with Crippen molar-refractivity contribution in [3.63, 3.8) is 0 Å². The summed E-state index contributed by atoms with van der Waals surface area (Å²) < 4.78 is 13.7. The summed E-state index contributed by atoms with van der Waals surface area (Å²) in [6.07, 6.45) is 8.40. The number of imidazole rings is 1. The van der Waals surface area contributed by atoms with Crippen LogP contribution in [-0.4, -0.2) is 36.2 Å². The highest BCUT2D eigenvalue weighted by atomic mass is 16.5. The number of nitrogens with zero attached hydrogens (tertiary/aromatic N) is 2. The lowest BCUT2D eigenvalue weighted by Gasteiger charge is -2.12. The minimum atomic E-state index is 0.630. The number of aromatic nitrogens is 2. The minimum Gasteiger partial charge on any atom is -0.493 e. The zero-order valence-electron chi connectivity index (χ0n) is 18.3. The average molecular weight is 422 g/mol. The molecule has 0 aliphatic rings. The number of rotatable bonds is 13. The number of benzene rings is 2. The molecule has 31 heavy (non-hydrogen) atoms. The van der Waals surface area contributed by atoms with E-state index in [2.05, 4.69) is 16.0 Å². The van der Waals surface area contributed by atoms with Crippen molar-refractivity contribution in [2.75, 3.05) is 20.3 Å². The van der Waals surface area contributed by atoms with Crippen LogP contribution in [0.1, 0.15) is 37.6 Å². The van der Waals surface area contributed by atoms with Gasteiger partial charge in [-0.25, -0.2) is 4.98 Å². The van der Waals surface area contributed by atoms with Gasteiger partial charge in [0.25, 0.3) is 0 Å². The molecule has 1 heterocycles. The van der Waals surface area contributed by atoms with E-state index in [1.54, 1.807) is 7.11 Å². The van der Waals surface area contributed by atoms with Crippen molar-refractivity contribution in [1.29, 1.82) is 0 Å². The second-order valence-electron chi connectivity index (χ2n) is 7.31. The van der Waals surface area contributed by atoms with E-state index in [-0.39, 0.29) is 0 Å². The van der Waals surface area contributed by atoms with Crippen LogP contribution in [0.5, 0.6) is 11.5 Å². The quantitative estimate of drug-likeness (QED) is 0.323. The van der Waals surface area contributed by atoms with E-state index in [1.165, 1.54) is 0 Å². The van der Waals surface area contributed by atoms with E-state index in [9.17, 15) is 4.79 Å². The average Bonchev–Trinajstić information content (AvgIpc) is 3.14. The van der Waals surface area contributed by atoms with Gasteiger partial charge in [-0.2, -0.15) is 0 Å². The highest BCUT2D eigenvalue weighted by molar-refractivity contribution is 5.75. The van der Waals surface area contributed by atoms with Crippen LogP contribution in [0.15, 0.2) is 48.5 Å². The van der Waals surface area contributed by atoms with Crippen molar-refractivity contribution < 1.29 is 14.3 Å². The zero-order valence-corrected chi connectivity index (χ0v) is 18.3. The first-order chi connectivity index (χ1) is 15.3. The predicted octanol–water partition coefficient (Wildman–Crippen LogP) is 4.62. The summed E-state index contributed by atoms with van der Waals surface area (Å²) in [4.78, 5) is 15.3. The van der Waals surface area contributed by atoms with Gasteiger partial charge in [0.2, 0.25) is 6.41 Å². The molecule has 2 aromatic carbocycles. The Balaban J connectivity index is 1.56. The molecule has 0 aliphatic heterocycles. The van der Waals surface area contributed by atoms with Gasteiger partial charge in [-0.05, 0) is 56.0 Å². The Morgan fingerprint density at radius 3 is 2.77 bits per heavy atom. The molecule has 0 fully saturated rings. The van der Waals surface area contributed by atoms with E-state index in [0.717, 1.165) is 72.6 Å². The number of carbonyl (C=O) groups is 1. The van der Waals surface area contributed by atoms with E-state index in [1.807, 2.05) is 55.5 Å². The summed E-state index contributed by atoms with van der Waals surface area (Å²) in [7, 11) is 1.66. The van der Waals surface area contributed by atoms with Gasteiger partial charge >= 0.3 is 0 Å². The molecule has 0 aliphatic carbocycles. The van der Waals surface area contributed by atoms with Crippen molar-refractivity contribution in [2.24, 2.45) is 0 Å². The molecule has 1 amide bonds. The smallest absolute Gasteiger partial charge is 0.207 e. The Labute approximate surface area is 183 Å². The molecule has 0 atom stereocenters. The highest BCUT2D eigenvalue weighted by Gasteiger charge is 2.10. The standard InChI is InChI=1S/C25H31N3O3/c1-3-9-20-13-14-23(24(18-20)30-2)31-17-7-6-16-28-22-11-5-4-10-21(22)27-25(28)12-8-15-26-19-29/h3-5,9-11,13-14,18-19H,6-8,12,15-17H2,1-2H3,(H,26,29)/b9-3+. The molecule has 0 saturated carbocycles. The number of para-hydroxylation sites is 2. The number of amides is 1.